The molecular formula is C65H86F2N12O8S2. The lowest BCUT2D eigenvalue weighted by atomic mass is 9.85. The standard InChI is InChI=1S/C35H47FN6O5S.C30H39FN6O3S/c1-32(2,3)25-17-16-24(29(36)38-25)30(43)41-48(45,46)28-15-12-14-27(39-28)40-35(9,26-13-10-11-20-37-26)19-18-23-21-34(7,8)42(22-23)31(44)47-33(4,5)6;1-28(2,3)22-14-13-21(26(31)34-22)27(38)37-41(39,40)25-12-9-11-24(35-25)36-30(6,23-10-7-8-17-32-23)16-15-20-18-29(4,5)33-19-20/h10-17,20,23H,18-19,21-22H2,1-9H3,(H,39,40)(H,41,43);7-14,17,20,33H,15-16,18-19H2,1-6H3,(H,35,36)(H,37,38)/t23-,35?;20-,30?/m00/s1. The number of amides is 3. The van der Waals surface area contributed by atoms with Crippen molar-refractivity contribution in [2.45, 2.75) is 191 Å². The van der Waals surface area contributed by atoms with Crippen molar-refractivity contribution in [2.24, 2.45) is 11.8 Å². The van der Waals surface area contributed by atoms with Crippen LogP contribution in [0.5, 0.6) is 0 Å². The van der Waals surface area contributed by atoms with Gasteiger partial charge in [-0.2, -0.15) is 25.6 Å². The van der Waals surface area contributed by atoms with Crippen molar-refractivity contribution in [1.29, 1.82) is 0 Å². The maximum absolute atomic E-state index is 14.7. The first-order valence-electron chi connectivity index (χ1n) is 29.8. The largest absolute Gasteiger partial charge is 0.444 e. The molecule has 0 spiro atoms. The zero-order valence-corrected chi connectivity index (χ0v) is 55.3. The molecule has 4 atom stereocenters. The van der Waals surface area contributed by atoms with Gasteiger partial charge in [0.2, 0.25) is 11.9 Å². The van der Waals surface area contributed by atoms with Crippen molar-refractivity contribution in [1.82, 2.24) is 49.6 Å². The van der Waals surface area contributed by atoms with Gasteiger partial charge in [-0.3, -0.25) is 19.6 Å². The second-order valence-corrected chi connectivity index (χ2v) is 31.1. The zero-order valence-electron chi connectivity index (χ0n) is 53.7. The summed E-state index contributed by atoms with van der Waals surface area (Å²) >= 11 is 0. The van der Waals surface area contributed by atoms with Crippen LogP contribution >= 0.6 is 0 Å². The Morgan fingerprint density at radius 1 is 0.573 bits per heavy atom. The van der Waals surface area contributed by atoms with E-state index in [1.807, 2.05) is 136 Å². The Morgan fingerprint density at radius 3 is 1.38 bits per heavy atom. The average Bonchev–Trinajstić information content (AvgIpc) is 2.95. The van der Waals surface area contributed by atoms with Crippen molar-refractivity contribution in [2.75, 3.05) is 23.7 Å². The molecule has 6 aromatic rings. The molecule has 480 valence electrons. The van der Waals surface area contributed by atoms with Gasteiger partial charge in [0.15, 0.2) is 10.1 Å². The van der Waals surface area contributed by atoms with Crippen molar-refractivity contribution in [3.63, 3.8) is 0 Å². The van der Waals surface area contributed by atoms with Crippen molar-refractivity contribution >= 4 is 49.6 Å². The molecule has 0 bridgehead atoms. The number of sulfonamides is 2. The minimum Gasteiger partial charge on any atom is -0.444 e. The number of hydrogen-bond donors (Lipinski definition) is 5. The SMILES string of the molecule is CC(C)(C)OC(=O)N1C[C@@H](CCC(C)(Nc2cccc(S(=O)(=O)NC(=O)c3ccc(C(C)(C)C)nc3F)n2)c2ccccn2)CC1(C)C.CC1(C)C[C@H](CCC(C)(Nc2cccc(S(=O)(=O)NC(=O)c3ccc(C(C)(C)C)nc3F)n2)c2ccccn2)CN1. The number of likely N-dealkylation sites (tertiary alicyclic amines) is 1. The summed E-state index contributed by atoms with van der Waals surface area (Å²) in [5, 5.41) is 9.55. The fraction of sp³-hybridized carbons (Fsp3) is 0.492. The smallest absolute Gasteiger partial charge is 0.410 e. The molecule has 2 saturated heterocycles. The van der Waals surface area contributed by atoms with Crippen LogP contribution in [-0.4, -0.2) is 99.3 Å². The molecule has 2 aliphatic heterocycles. The van der Waals surface area contributed by atoms with Crippen LogP contribution in [0.15, 0.2) is 120 Å². The molecule has 3 amide bonds. The highest BCUT2D eigenvalue weighted by Crippen LogP contribution is 2.40. The predicted molar refractivity (Wildman–Crippen MR) is 338 cm³/mol. The topological polar surface area (TPSA) is 269 Å². The summed E-state index contributed by atoms with van der Waals surface area (Å²) in [6.07, 6.45) is 7.89. The summed E-state index contributed by atoms with van der Waals surface area (Å²) in [5.74, 6) is -3.16. The van der Waals surface area contributed by atoms with Gasteiger partial charge in [0, 0.05) is 52.2 Å². The lowest BCUT2D eigenvalue weighted by molar-refractivity contribution is 0.0130. The Bertz CT molecular complexity index is 3750. The molecule has 2 unspecified atom stereocenters. The highest BCUT2D eigenvalue weighted by atomic mass is 32.2. The van der Waals surface area contributed by atoms with Gasteiger partial charge in [0.25, 0.3) is 31.9 Å². The number of carbonyl (C=O) groups is 3. The quantitative estimate of drug-likeness (QED) is 0.0501. The van der Waals surface area contributed by atoms with Crippen LogP contribution in [0.1, 0.15) is 186 Å². The summed E-state index contributed by atoms with van der Waals surface area (Å²) in [7, 11) is -8.89. The molecule has 5 N–H and O–H groups in total. The first kappa shape index (κ1) is 68.9. The fourth-order valence-electron chi connectivity index (χ4n) is 10.9. The molecule has 0 saturated carbocycles. The molecule has 20 nitrogen and oxygen atoms in total. The molecule has 2 fully saturated rings. The average molecular weight is 1270 g/mol. The Hall–Kier alpha value is -7.57. The minimum atomic E-state index is -4.48. The summed E-state index contributed by atoms with van der Waals surface area (Å²) in [4.78, 5) is 65.9. The van der Waals surface area contributed by atoms with Gasteiger partial charge in [0.05, 0.1) is 33.6 Å². The number of pyridine rings is 6. The van der Waals surface area contributed by atoms with Gasteiger partial charge >= 0.3 is 6.09 Å². The van der Waals surface area contributed by atoms with Gasteiger partial charge < -0.3 is 25.6 Å². The van der Waals surface area contributed by atoms with E-state index in [9.17, 15) is 40.0 Å². The number of carbonyl (C=O) groups excluding carboxylic acids is 3. The highest BCUT2D eigenvalue weighted by molar-refractivity contribution is 7.90. The number of nitrogens with zero attached hydrogens (tertiary/aromatic N) is 7. The highest BCUT2D eigenvalue weighted by Gasteiger charge is 2.44. The van der Waals surface area contributed by atoms with Crippen LogP contribution in [0.4, 0.5) is 25.2 Å². The van der Waals surface area contributed by atoms with Gasteiger partial charge in [-0.15, -0.1) is 0 Å². The third kappa shape index (κ3) is 18.1. The van der Waals surface area contributed by atoms with E-state index in [1.54, 1.807) is 29.4 Å². The van der Waals surface area contributed by atoms with Crippen LogP contribution in [-0.2, 0) is 46.7 Å². The van der Waals surface area contributed by atoms with Gasteiger partial charge in [-0.1, -0.05) is 65.8 Å². The Kier molecular flexibility index (Phi) is 20.5. The molecule has 6 aromatic heterocycles. The van der Waals surface area contributed by atoms with Crippen LogP contribution in [0, 0.1) is 23.7 Å². The van der Waals surface area contributed by atoms with E-state index in [2.05, 4.69) is 59.7 Å². The summed E-state index contributed by atoms with van der Waals surface area (Å²) < 4.78 is 91.6. The Balaban J connectivity index is 0.000000257. The Morgan fingerprint density at radius 2 is 1.01 bits per heavy atom. The number of rotatable bonds is 18. The molecule has 8 rings (SSSR count). The number of aromatic nitrogens is 6. The van der Waals surface area contributed by atoms with E-state index in [-0.39, 0.29) is 33.9 Å². The zero-order chi connectivity index (χ0) is 65.8. The number of nitrogens with one attached hydrogen (secondary N) is 5. The lowest BCUT2D eigenvalue weighted by Crippen LogP contribution is -2.45. The first-order valence-corrected chi connectivity index (χ1v) is 32.7. The monoisotopic (exact) mass is 1260 g/mol. The predicted octanol–water partition coefficient (Wildman–Crippen LogP) is 11.5. The summed E-state index contributed by atoms with van der Waals surface area (Å²) in [6.45, 7) is 30.6. The van der Waals surface area contributed by atoms with Crippen molar-refractivity contribution in [3.05, 3.63) is 155 Å². The molecule has 0 aliphatic carbocycles. The van der Waals surface area contributed by atoms with Gasteiger partial charge in [-0.25, -0.2) is 34.2 Å². The molecule has 89 heavy (non-hydrogen) atoms. The fourth-order valence-corrected chi connectivity index (χ4v) is 12.8. The Labute approximate surface area is 523 Å². The molecule has 8 heterocycles. The molecule has 0 radical (unpaired) electrons. The number of anilines is 2. The molecular weight excluding hydrogens is 1180 g/mol. The van der Waals surface area contributed by atoms with Crippen molar-refractivity contribution < 1.29 is 44.7 Å². The summed E-state index contributed by atoms with van der Waals surface area (Å²) in [5.41, 5.74) is -1.79. The van der Waals surface area contributed by atoms with E-state index in [4.69, 9.17) is 4.74 Å². The maximum atomic E-state index is 14.7. The number of halogens is 2. The van der Waals surface area contributed by atoms with E-state index in [0.29, 0.717) is 36.1 Å². The number of hydrogen-bond acceptors (Lipinski definition) is 17. The van der Waals surface area contributed by atoms with Crippen LogP contribution in [0.2, 0.25) is 0 Å². The molecule has 2 aliphatic rings. The lowest BCUT2D eigenvalue weighted by Gasteiger charge is -2.33. The molecule has 24 heteroatoms. The van der Waals surface area contributed by atoms with Crippen LogP contribution in [0.25, 0.3) is 0 Å². The van der Waals surface area contributed by atoms with Crippen molar-refractivity contribution in [3.8, 4) is 0 Å². The van der Waals surface area contributed by atoms with E-state index < -0.39 is 87.4 Å². The third-order valence-electron chi connectivity index (χ3n) is 15.8. The van der Waals surface area contributed by atoms with E-state index in [1.165, 1.54) is 48.5 Å². The first-order chi connectivity index (χ1) is 41.2. The normalized spacial score (nSPS) is 18.1. The molecule has 0 aromatic carbocycles. The van der Waals surface area contributed by atoms with Crippen LogP contribution < -0.4 is 25.4 Å². The second-order valence-electron chi connectivity index (χ2n) is 27.9. The van der Waals surface area contributed by atoms with Gasteiger partial charge in [0.1, 0.15) is 17.2 Å². The van der Waals surface area contributed by atoms with E-state index in [0.717, 1.165) is 50.0 Å². The van der Waals surface area contributed by atoms with Gasteiger partial charge in [-0.05, 0) is 192 Å². The third-order valence-corrected chi connectivity index (χ3v) is 18.3. The summed E-state index contributed by atoms with van der Waals surface area (Å²) in [6, 6.07) is 25.6. The second kappa shape index (κ2) is 26.5. The van der Waals surface area contributed by atoms with Crippen LogP contribution in [0.3, 0.4) is 0 Å². The minimum absolute atomic E-state index is 0.0990. The maximum Gasteiger partial charge on any atom is 0.410 e. The van der Waals surface area contributed by atoms with E-state index >= 15 is 0 Å². The number of ether oxygens (including phenoxy) is 1.